The Labute approximate surface area is 425 Å². The predicted octanol–water partition coefficient (Wildman–Crippen LogP) is 13.6. The molecule has 0 saturated carbocycles. The minimum atomic E-state index is -4.72. The first-order chi connectivity index (χ1) is 34.2. The molecule has 0 spiro atoms. The Morgan fingerprint density at radius 2 is 1.00 bits per heavy atom. The van der Waals surface area contributed by atoms with Crippen LogP contribution in [0.1, 0.15) is 74.8 Å². The number of hydrogen-bond donors (Lipinski definition) is 0. The number of likely N-dealkylation sites (N-methyl/N-ethyl adjacent to an activating group) is 1. The molecule has 3 aliphatic heterocycles. The van der Waals surface area contributed by atoms with Crippen LogP contribution >= 0.6 is 34.8 Å². The van der Waals surface area contributed by atoms with Crippen molar-refractivity contribution in [3.63, 3.8) is 0 Å². The van der Waals surface area contributed by atoms with Gasteiger partial charge in [0.05, 0.1) is 71.9 Å². The maximum atomic E-state index is 13.1. The second-order valence-electron chi connectivity index (χ2n) is 16.7. The zero-order valence-corrected chi connectivity index (χ0v) is 40.8. The third-order valence-electron chi connectivity index (χ3n) is 11.5. The molecule has 6 aromatic rings. The molecule has 10 nitrogen and oxygen atoms in total. The average molecular weight is 1080 g/mol. The first-order valence-electron chi connectivity index (χ1n) is 21.5. The van der Waals surface area contributed by atoms with Gasteiger partial charge in [-0.15, -0.1) is 0 Å². The van der Waals surface area contributed by atoms with Gasteiger partial charge in [0.25, 0.3) is 23.6 Å². The molecule has 0 fully saturated rings. The molecule has 9 rings (SSSR count). The monoisotopic (exact) mass is 1080 g/mol. The molecule has 0 aromatic heterocycles. The van der Waals surface area contributed by atoms with E-state index in [1.807, 2.05) is 44.1 Å². The lowest BCUT2D eigenvalue weighted by molar-refractivity contribution is -0.138. The maximum absolute atomic E-state index is 13.1. The number of halogens is 12. The third kappa shape index (κ3) is 11.4. The number of carbonyl (C=O) groups excluding carboxylic acids is 4. The van der Waals surface area contributed by atoms with Crippen molar-refractivity contribution in [1.29, 1.82) is 0 Å². The van der Waals surface area contributed by atoms with Crippen molar-refractivity contribution in [3.8, 4) is 11.5 Å². The number of hydrogen-bond acceptors (Lipinski definition) is 8. The molecule has 0 N–H and O–H groups in total. The van der Waals surface area contributed by atoms with Crippen LogP contribution < -0.4 is 24.2 Å². The molecule has 3 aliphatic rings. The number of benzene rings is 6. The summed E-state index contributed by atoms with van der Waals surface area (Å²) in [4.78, 5) is 55.5. The van der Waals surface area contributed by atoms with Gasteiger partial charge in [0.15, 0.2) is 6.73 Å². The van der Waals surface area contributed by atoms with Crippen molar-refractivity contribution >= 4 is 75.5 Å². The second-order valence-corrected chi connectivity index (χ2v) is 17.9. The van der Waals surface area contributed by atoms with Crippen LogP contribution in [-0.4, -0.2) is 62.5 Å². The van der Waals surface area contributed by atoms with Crippen molar-refractivity contribution in [2.24, 2.45) is 0 Å². The lowest BCUT2D eigenvalue weighted by Crippen LogP contribution is -2.32. The maximum Gasteiger partial charge on any atom is 0.417 e. The number of carbonyl (C=O) groups is 4. The SMILES string of the molecule is CN(C)CCOc1cccc2c1C(=O)N(c1ccc(Cl)c(C(F)(F)F)c1)C2=O.Cc1cccc2c1C(=O)N(c1ccc(Cl)c(C(F)(F)F)c1)C2=O.Cc1cccc2c1CN(c1ccc(Cl)c(C(F)(F)F)c1)CO2. The molecule has 73 heavy (non-hydrogen) atoms. The summed E-state index contributed by atoms with van der Waals surface area (Å²) in [5.41, 5.74) is 0.154. The predicted molar refractivity (Wildman–Crippen MR) is 256 cm³/mol. The zero-order chi connectivity index (χ0) is 53.5. The third-order valence-corrected chi connectivity index (χ3v) is 12.5. The summed E-state index contributed by atoms with van der Waals surface area (Å²) in [6.07, 6.45) is -13.9. The number of ether oxygens (including phenoxy) is 2. The highest BCUT2D eigenvalue weighted by Gasteiger charge is 2.43. The van der Waals surface area contributed by atoms with Gasteiger partial charge in [-0.3, -0.25) is 19.2 Å². The van der Waals surface area contributed by atoms with Gasteiger partial charge in [-0.05, 0) is 118 Å². The summed E-state index contributed by atoms with van der Waals surface area (Å²) in [6, 6.07) is 24.8. The van der Waals surface area contributed by atoms with Crippen LogP contribution in [0.25, 0.3) is 0 Å². The Kier molecular flexibility index (Phi) is 15.5. The summed E-state index contributed by atoms with van der Waals surface area (Å²) < 4.78 is 128. The molecule has 0 unspecified atom stereocenters. The van der Waals surface area contributed by atoms with Crippen molar-refractivity contribution in [3.05, 3.63) is 180 Å². The Hall–Kier alpha value is -6.80. The van der Waals surface area contributed by atoms with Gasteiger partial charge in [-0.1, -0.05) is 65.1 Å². The highest BCUT2D eigenvalue weighted by molar-refractivity contribution is 6.37. The number of aryl methyl sites for hydroxylation is 2. The largest absolute Gasteiger partial charge is 0.491 e. The second kappa shape index (κ2) is 21.0. The summed E-state index contributed by atoms with van der Waals surface area (Å²) >= 11 is 16.8. The summed E-state index contributed by atoms with van der Waals surface area (Å²) in [5.74, 6) is -1.75. The summed E-state index contributed by atoms with van der Waals surface area (Å²) in [5, 5.41) is -1.31. The summed E-state index contributed by atoms with van der Waals surface area (Å²) in [7, 11) is 3.71. The Bertz CT molecular complexity index is 3160. The fourth-order valence-corrected chi connectivity index (χ4v) is 8.54. The first kappa shape index (κ1) is 54.0. The fraction of sp³-hybridized carbons (Fsp3) is 0.216. The van der Waals surface area contributed by atoms with E-state index in [-0.39, 0.29) is 57.7 Å². The minimum absolute atomic E-state index is 0.0368. The van der Waals surface area contributed by atoms with Crippen LogP contribution in [0.4, 0.5) is 56.6 Å². The van der Waals surface area contributed by atoms with E-state index in [4.69, 9.17) is 44.3 Å². The Morgan fingerprint density at radius 1 is 0.562 bits per heavy atom. The number of rotatable bonds is 7. The zero-order valence-electron chi connectivity index (χ0n) is 38.5. The van der Waals surface area contributed by atoms with E-state index in [0.717, 1.165) is 40.0 Å². The molecule has 6 aromatic carbocycles. The number of fused-ring (bicyclic) bond motifs is 3. The smallest absolute Gasteiger partial charge is 0.417 e. The van der Waals surface area contributed by atoms with Crippen molar-refractivity contribution in [2.75, 3.05) is 48.7 Å². The molecule has 3 heterocycles. The van der Waals surface area contributed by atoms with E-state index in [0.29, 0.717) is 41.4 Å². The van der Waals surface area contributed by atoms with Gasteiger partial charge in [0.2, 0.25) is 0 Å². The highest BCUT2D eigenvalue weighted by atomic mass is 35.5. The molecule has 382 valence electrons. The molecule has 22 heteroatoms. The van der Waals surface area contributed by atoms with Crippen molar-refractivity contribution in [1.82, 2.24) is 4.90 Å². The average Bonchev–Trinajstić information content (AvgIpc) is 3.73. The molecule has 0 saturated heterocycles. The van der Waals surface area contributed by atoms with Gasteiger partial charge >= 0.3 is 18.5 Å². The molecular weight excluding hydrogens is 1040 g/mol. The van der Waals surface area contributed by atoms with E-state index >= 15 is 0 Å². The molecule has 4 amide bonds. The number of nitrogens with zero attached hydrogens (tertiary/aromatic N) is 4. The lowest BCUT2D eigenvalue weighted by atomic mass is 10.0. The molecule has 0 atom stereocenters. The fourth-order valence-electron chi connectivity index (χ4n) is 7.87. The number of amides is 4. The highest BCUT2D eigenvalue weighted by Crippen LogP contribution is 2.42. The van der Waals surface area contributed by atoms with Crippen LogP contribution in [-0.2, 0) is 25.1 Å². The number of imide groups is 2. The van der Waals surface area contributed by atoms with Gasteiger partial charge in [-0.25, -0.2) is 9.80 Å². The quantitative estimate of drug-likeness (QED) is 0.115. The van der Waals surface area contributed by atoms with Crippen LogP contribution in [0.2, 0.25) is 15.1 Å². The van der Waals surface area contributed by atoms with E-state index in [9.17, 15) is 58.7 Å². The standard InChI is InChI=1S/C19H16ClF3N2O3.C16H9ClF3NO2.C16H13ClF3NO/c1-24(2)8-9-28-15-5-3-4-12-16(15)18(27)25(17(12)26)11-6-7-14(20)13(10-11)19(21,22)23;1-8-3-2-4-10-13(8)15(23)21(14(10)22)9-5-6-12(17)11(7-9)16(18,19)20;1-10-3-2-4-15-12(10)8-21(9-22-15)11-5-6-14(17)13(7-11)16(18,19)20/h3-7,10H,8-9H2,1-2H3;2-7H,1H3;2-7H,8-9H2,1H3. The Morgan fingerprint density at radius 3 is 1.49 bits per heavy atom. The van der Waals surface area contributed by atoms with Crippen LogP contribution in [0, 0.1) is 13.8 Å². The van der Waals surface area contributed by atoms with E-state index < -0.39 is 68.9 Å². The van der Waals surface area contributed by atoms with Crippen LogP contribution in [0.5, 0.6) is 11.5 Å². The minimum Gasteiger partial charge on any atom is -0.491 e. The van der Waals surface area contributed by atoms with Gasteiger partial charge in [0.1, 0.15) is 18.1 Å². The number of alkyl halides is 9. The number of anilines is 3. The molecule has 0 aliphatic carbocycles. The van der Waals surface area contributed by atoms with Crippen LogP contribution in [0.15, 0.2) is 109 Å². The van der Waals surface area contributed by atoms with Crippen LogP contribution in [0.3, 0.4) is 0 Å². The van der Waals surface area contributed by atoms with E-state index in [1.54, 1.807) is 42.2 Å². The molecule has 0 bridgehead atoms. The molecule has 0 radical (unpaired) electrons. The lowest BCUT2D eigenvalue weighted by Gasteiger charge is -2.32. The van der Waals surface area contributed by atoms with Crippen molar-refractivity contribution < 1.29 is 68.2 Å². The molecular formula is C51H38Cl3F9N4O6. The van der Waals surface area contributed by atoms with Crippen molar-refractivity contribution in [2.45, 2.75) is 38.9 Å². The first-order valence-corrected chi connectivity index (χ1v) is 22.7. The van der Waals surface area contributed by atoms with E-state index in [1.165, 1.54) is 30.3 Å². The van der Waals surface area contributed by atoms with E-state index in [2.05, 4.69) is 0 Å². The van der Waals surface area contributed by atoms with Gasteiger partial charge in [-0.2, -0.15) is 39.5 Å². The Balaban J connectivity index is 0.000000162. The topological polar surface area (TPSA) is 99.7 Å². The normalized spacial score (nSPS) is 14.3. The van der Waals surface area contributed by atoms with Gasteiger partial charge in [0, 0.05) is 17.8 Å². The van der Waals surface area contributed by atoms with Gasteiger partial charge < -0.3 is 19.3 Å². The summed E-state index contributed by atoms with van der Waals surface area (Å²) in [6.45, 7) is 5.19.